The first-order valence-electron chi connectivity index (χ1n) is 7.76. The van der Waals surface area contributed by atoms with Gasteiger partial charge in [0.2, 0.25) is 5.75 Å². The van der Waals surface area contributed by atoms with Crippen LogP contribution in [0.15, 0.2) is 23.3 Å². The van der Waals surface area contributed by atoms with Gasteiger partial charge in [-0.15, -0.1) is 11.3 Å². The minimum atomic E-state index is 0.568. The molecule has 0 saturated carbocycles. The highest BCUT2D eigenvalue weighted by atomic mass is 32.1. The van der Waals surface area contributed by atoms with Crippen molar-refractivity contribution in [3.05, 3.63) is 33.8 Å². The fourth-order valence-electron chi connectivity index (χ4n) is 2.30. The molecule has 136 valence electrons. The normalized spacial score (nSPS) is 11.2. The summed E-state index contributed by atoms with van der Waals surface area (Å²) in [6.45, 7) is 3.24. The van der Waals surface area contributed by atoms with Crippen LogP contribution in [0.25, 0.3) is 0 Å². The number of hydrogen-bond acceptors (Lipinski definition) is 6. The highest BCUT2D eigenvalue weighted by Gasteiger charge is 2.13. The van der Waals surface area contributed by atoms with Gasteiger partial charge in [-0.2, -0.15) is 0 Å². The highest BCUT2D eigenvalue weighted by molar-refractivity contribution is 7.11. The Morgan fingerprint density at radius 2 is 1.72 bits per heavy atom. The third kappa shape index (κ3) is 4.99. The Labute approximate surface area is 152 Å². The van der Waals surface area contributed by atoms with Crippen LogP contribution in [0.1, 0.15) is 15.4 Å². The number of thiazole rings is 1. The zero-order chi connectivity index (χ0) is 18.2. The van der Waals surface area contributed by atoms with Crippen molar-refractivity contribution < 1.29 is 14.2 Å². The summed E-state index contributed by atoms with van der Waals surface area (Å²) in [5, 5.41) is 7.60. The number of aliphatic imine (C=N–C) groups is 1. The van der Waals surface area contributed by atoms with Gasteiger partial charge in [0, 0.05) is 24.7 Å². The van der Waals surface area contributed by atoms with Gasteiger partial charge in [0.05, 0.1) is 32.9 Å². The lowest BCUT2D eigenvalue weighted by Crippen LogP contribution is -2.36. The van der Waals surface area contributed by atoms with Crippen LogP contribution in [0, 0.1) is 6.92 Å². The van der Waals surface area contributed by atoms with Crippen LogP contribution in [0.5, 0.6) is 17.2 Å². The summed E-state index contributed by atoms with van der Waals surface area (Å²) in [4.78, 5) is 9.64. The third-order valence-electron chi connectivity index (χ3n) is 3.51. The smallest absolute Gasteiger partial charge is 0.203 e. The maximum Gasteiger partial charge on any atom is 0.203 e. The minimum Gasteiger partial charge on any atom is -0.493 e. The molecule has 25 heavy (non-hydrogen) atoms. The van der Waals surface area contributed by atoms with Gasteiger partial charge in [-0.05, 0) is 24.6 Å². The Kier molecular flexibility index (Phi) is 6.88. The topological polar surface area (TPSA) is 77.0 Å². The molecule has 0 atom stereocenters. The Morgan fingerprint density at radius 1 is 1.08 bits per heavy atom. The molecule has 1 heterocycles. The third-order valence-corrected chi connectivity index (χ3v) is 4.42. The lowest BCUT2D eigenvalue weighted by atomic mass is 10.2. The van der Waals surface area contributed by atoms with E-state index >= 15 is 0 Å². The number of benzene rings is 1. The molecule has 2 aromatic rings. The Morgan fingerprint density at radius 3 is 2.20 bits per heavy atom. The van der Waals surface area contributed by atoms with Crippen molar-refractivity contribution in [2.45, 2.75) is 20.0 Å². The standard InChI is InChI=1S/C17H24N4O3S/c1-11-19-9-13(25-11)10-21-17(18-2)20-8-12-6-14(22-3)16(24-5)15(7-12)23-4/h6-7,9H,8,10H2,1-5H3,(H2,18,20,21). The number of methoxy groups -OCH3 is 3. The van der Waals surface area contributed by atoms with E-state index in [0.717, 1.165) is 15.4 Å². The average Bonchev–Trinajstić information content (AvgIpc) is 3.06. The van der Waals surface area contributed by atoms with Crippen LogP contribution >= 0.6 is 11.3 Å². The summed E-state index contributed by atoms with van der Waals surface area (Å²) in [5.41, 5.74) is 0.992. The molecule has 8 heteroatoms. The van der Waals surface area contributed by atoms with Gasteiger partial charge in [0.1, 0.15) is 0 Å². The number of guanidine groups is 1. The quantitative estimate of drug-likeness (QED) is 0.580. The van der Waals surface area contributed by atoms with Crippen molar-refractivity contribution in [3.63, 3.8) is 0 Å². The van der Waals surface area contributed by atoms with E-state index in [1.165, 1.54) is 0 Å². The monoisotopic (exact) mass is 364 g/mol. The van der Waals surface area contributed by atoms with E-state index in [4.69, 9.17) is 14.2 Å². The van der Waals surface area contributed by atoms with Gasteiger partial charge in [0.15, 0.2) is 17.5 Å². The van der Waals surface area contributed by atoms with Crippen molar-refractivity contribution in [1.29, 1.82) is 0 Å². The Bertz CT molecular complexity index is 705. The molecule has 0 saturated heterocycles. The zero-order valence-corrected chi connectivity index (χ0v) is 16.0. The maximum atomic E-state index is 5.38. The Balaban J connectivity index is 2.01. The van der Waals surface area contributed by atoms with Gasteiger partial charge >= 0.3 is 0 Å². The van der Waals surface area contributed by atoms with Crippen molar-refractivity contribution in [2.24, 2.45) is 4.99 Å². The van der Waals surface area contributed by atoms with Gasteiger partial charge in [-0.3, -0.25) is 4.99 Å². The van der Waals surface area contributed by atoms with E-state index < -0.39 is 0 Å². The number of ether oxygens (including phenoxy) is 3. The van der Waals surface area contributed by atoms with Crippen molar-refractivity contribution in [3.8, 4) is 17.2 Å². The largest absolute Gasteiger partial charge is 0.493 e. The molecule has 0 spiro atoms. The first kappa shape index (κ1) is 18.9. The molecule has 0 radical (unpaired) electrons. The number of aryl methyl sites for hydroxylation is 1. The van der Waals surface area contributed by atoms with Crippen LogP contribution in [0.2, 0.25) is 0 Å². The number of nitrogens with zero attached hydrogens (tertiary/aromatic N) is 2. The van der Waals surface area contributed by atoms with Crippen molar-refractivity contribution in [2.75, 3.05) is 28.4 Å². The van der Waals surface area contributed by atoms with E-state index in [0.29, 0.717) is 36.3 Å². The Hall–Kier alpha value is -2.48. The molecular weight excluding hydrogens is 340 g/mol. The molecule has 0 aliphatic heterocycles. The molecular formula is C17H24N4O3S. The molecule has 2 rings (SSSR count). The number of aromatic nitrogens is 1. The molecule has 0 aliphatic carbocycles. The summed E-state index contributed by atoms with van der Waals surface area (Å²) >= 11 is 1.67. The van der Waals surface area contributed by atoms with Crippen LogP contribution < -0.4 is 24.8 Å². The predicted molar refractivity (Wildman–Crippen MR) is 100.0 cm³/mol. The van der Waals surface area contributed by atoms with E-state index in [2.05, 4.69) is 20.6 Å². The second kappa shape index (κ2) is 9.12. The summed E-state index contributed by atoms with van der Waals surface area (Å²) in [6, 6.07) is 3.82. The SMILES string of the molecule is CN=C(NCc1cc(OC)c(OC)c(OC)c1)NCc1cnc(C)s1. The minimum absolute atomic E-state index is 0.568. The number of nitrogens with one attached hydrogen (secondary N) is 2. The zero-order valence-electron chi connectivity index (χ0n) is 15.2. The van der Waals surface area contributed by atoms with E-state index in [1.54, 1.807) is 39.7 Å². The average molecular weight is 364 g/mol. The summed E-state index contributed by atoms with van der Waals surface area (Å²) in [7, 11) is 6.53. The fraction of sp³-hybridized carbons (Fsp3) is 0.412. The molecule has 1 aromatic heterocycles. The highest BCUT2D eigenvalue weighted by Crippen LogP contribution is 2.38. The maximum absolute atomic E-state index is 5.38. The lowest BCUT2D eigenvalue weighted by molar-refractivity contribution is 0.323. The fourth-order valence-corrected chi connectivity index (χ4v) is 3.04. The van der Waals surface area contributed by atoms with Gasteiger partial charge in [-0.25, -0.2) is 4.98 Å². The first-order valence-corrected chi connectivity index (χ1v) is 8.57. The molecule has 7 nitrogen and oxygen atoms in total. The first-order chi connectivity index (χ1) is 12.1. The van der Waals surface area contributed by atoms with E-state index in [1.807, 2.05) is 25.3 Å². The summed E-state index contributed by atoms with van der Waals surface area (Å²) in [5.74, 6) is 2.54. The van der Waals surface area contributed by atoms with Crippen LogP contribution in [-0.2, 0) is 13.1 Å². The molecule has 2 N–H and O–H groups in total. The van der Waals surface area contributed by atoms with Crippen LogP contribution in [-0.4, -0.2) is 39.3 Å². The second-order valence-electron chi connectivity index (χ2n) is 5.16. The van der Waals surface area contributed by atoms with Crippen molar-refractivity contribution in [1.82, 2.24) is 15.6 Å². The molecule has 0 unspecified atom stereocenters. The van der Waals surface area contributed by atoms with Crippen molar-refractivity contribution >= 4 is 17.3 Å². The lowest BCUT2D eigenvalue weighted by Gasteiger charge is -2.15. The molecule has 0 bridgehead atoms. The van der Waals surface area contributed by atoms with E-state index in [-0.39, 0.29) is 0 Å². The van der Waals surface area contributed by atoms with Crippen LogP contribution in [0.3, 0.4) is 0 Å². The predicted octanol–water partition coefficient (Wildman–Crippen LogP) is 2.34. The molecule has 0 amide bonds. The van der Waals surface area contributed by atoms with Gasteiger partial charge in [0.25, 0.3) is 0 Å². The van der Waals surface area contributed by atoms with Gasteiger partial charge < -0.3 is 24.8 Å². The van der Waals surface area contributed by atoms with Gasteiger partial charge in [-0.1, -0.05) is 0 Å². The second-order valence-corrected chi connectivity index (χ2v) is 6.48. The molecule has 0 fully saturated rings. The summed E-state index contributed by atoms with van der Waals surface area (Å²) in [6.07, 6.45) is 1.87. The summed E-state index contributed by atoms with van der Waals surface area (Å²) < 4.78 is 16.1. The number of rotatable bonds is 7. The number of hydrogen-bond donors (Lipinski definition) is 2. The van der Waals surface area contributed by atoms with E-state index in [9.17, 15) is 0 Å². The van der Waals surface area contributed by atoms with Crippen LogP contribution in [0.4, 0.5) is 0 Å². The molecule has 1 aromatic carbocycles. The molecule has 0 aliphatic rings.